The minimum absolute atomic E-state index is 0.191. The molecule has 0 saturated heterocycles. The van der Waals surface area contributed by atoms with Crippen LogP contribution < -0.4 is 14.8 Å². The van der Waals surface area contributed by atoms with Gasteiger partial charge in [-0.05, 0) is 54.8 Å². The van der Waals surface area contributed by atoms with Crippen LogP contribution in [0.15, 0.2) is 72.9 Å². The molecule has 0 spiro atoms. The zero-order chi connectivity index (χ0) is 25.3. The average molecular weight is 483 g/mol. The quantitative estimate of drug-likeness (QED) is 0.302. The molecule has 4 aromatic rings. The number of hydrogen-bond donors (Lipinski definition) is 3. The van der Waals surface area contributed by atoms with Gasteiger partial charge < -0.3 is 24.9 Å². The van der Waals surface area contributed by atoms with Gasteiger partial charge >= 0.3 is 0 Å². The molecule has 1 heterocycles. The lowest BCUT2D eigenvalue weighted by atomic mass is 10.0. The van der Waals surface area contributed by atoms with Crippen LogP contribution in [0.5, 0.6) is 11.5 Å². The maximum absolute atomic E-state index is 13.3. The number of aliphatic hydroxyl groups excluding tert-OH is 1. The molecule has 6 heteroatoms. The number of H-pyrrole nitrogens is 1. The number of amides is 1. The smallest absolute Gasteiger partial charge is 0.255 e. The molecule has 36 heavy (non-hydrogen) atoms. The van der Waals surface area contributed by atoms with Crippen LogP contribution >= 0.6 is 0 Å². The van der Waals surface area contributed by atoms with Crippen molar-refractivity contribution >= 4 is 16.8 Å². The van der Waals surface area contributed by atoms with Gasteiger partial charge in [-0.3, -0.25) is 4.79 Å². The summed E-state index contributed by atoms with van der Waals surface area (Å²) in [7, 11) is 1.61. The third kappa shape index (κ3) is 5.88. The van der Waals surface area contributed by atoms with Gasteiger partial charge in [0, 0.05) is 22.7 Å². The van der Waals surface area contributed by atoms with E-state index in [1.54, 1.807) is 19.2 Å². The van der Waals surface area contributed by atoms with E-state index in [1.165, 1.54) is 0 Å². The molecular formula is C30H30N2O4. The highest BCUT2D eigenvalue weighted by Gasteiger charge is 2.19. The molecule has 0 aliphatic rings. The van der Waals surface area contributed by atoms with Crippen molar-refractivity contribution < 1.29 is 19.4 Å². The summed E-state index contributed by atoms with van der Waals surface area (Å²) in [6.45, 7) is 2.31. The molecule has 0 radical (unpaired) electrons. The Morgan fingerprint density at radius 2 is 1.86 bits per heavy atom. The summed E-state index contributed by atoms with van der Waals surface area (Å²) in [4.78, 5) is 16.6. The van der Waals surface area contributed by atoms with Crippen LogP contribution in [0.3, 0.4) is 0 Å². The van der Waals surface area contributed by atoms with Crippen molar-refractivity contribution in [2.45, 2.75) is 25.8 Å². The molecule has 3 N–H and O–H groups in total. The van der Waals surface area contributed by atoms with E-state index in [0.29, 0.717) is 35.7 Å². The molecule has 0 aliphatic carbocycles. The van der Waals surface area contributed by atoms with Crippen molar-refractivity contribution in [2.24, 2.45) is 0 Å². The summed E-state index contributed by atoms with van der Waals surface area (Å²) in [5, 5.41) is 14.1. The number of nitrogens with one attached hydrogen (secondary N) is 2. The Hall–Kier alpha value is -4.21. The van der Waals surface area contributed by atoms with Gasteiger partial charge in [-0.15, -0.1) is 0 Å². The average Bonchev–Trinajstić information content (AvgIpc) is 3.33. The van der Waals surface area contributed by atoms with E-state index in [9.17, 15) is 9.90 Å². The number of aromatic amines is 1. The first-order valence-electron chi connectivity index (χ1n) is 12.0. The first-order valence-corrected chi connectivity index (χ1v) is 12.0. The molecule has 4 rings (SSSR count). The van der Waals surface area contributed by atoms with Crippen molar-refractivity contribution in [3.63, 3.8) is 0 Å². The molecule has 184 valence electrons. The van der Waals surface area contributed by atoms with Crippen LogP contribution in [0.1, 0.15) is 40.4 Å². The zero-order valence-electron chi connectivity index (χ0n) is 20.5. The van der Waals surface area contributed by atoms with E-state index in [4.69, 9.17) is 9.47 Å². The Morgan fingerprint density at radius 1 is 1.06 bits per heavy atom. The number of methoxy groups -OCH3 is 1. The predicted molar refractivity (Wildman–Crippen MR) is 142 cm³/mol. The number of aliphatic hydroxyl groups is 1. The molecule has 0 saturated carbocycles. The Bertz CT molecular complexity index is 1400. The van der Waals surface area contributed by atoms with Gasteiger partial charge in [0.25, 0.3) is 5.91 Å². The summed E-state index contributed by atoms with van der Waals surface area (Å²) >= 11 is 0. The van der Waals surface area contributed by atoms with Crippen molar-refractivity contribution in [1.29, 1.82) is 0 Å². The lowest BCUT2D eigenvalue weighted by Crippen LogP contribution is -2.39. The summed E-state index contributed by atoms with van der Waals surface area (Å²) in [6.07, 6.45) is 3.23. The summed E-state index contributed by atoms with van der Waals surface area (Å²) in [6, 6.07) is 20.4. The molecule has 0 fully saturated rings. The normalized spacial score (nSPS) is 11.4. The van der Waals surface area contributed by atoms with Crippen LogP contribution in [0.4, 0.5) is 0 Å². The number of carbonyl (C=O) groups excluding carboxylic acids is 1. The Labute approximate surface area is 211 Å². The monoisotopic (exact) mass is 482 g/mol. The van der Waals surface area contributed by atoms with E-state index in [-0.39, 0.29) is 12.5 Å². The lowest BCUT2D eigenvalue weighted by Gasteiger charge is -2.18. The summed E-state index contributed by atoms with van der Waals surface area (Å²) in [5.41, 5.74) is 3.87. The first-order chi connectivity index (χ1) is 17.6. The van der Waals surface area contributed by atoms with Crippen LogP contribution in [0.25, 0.3) is 10.9 Å². The van der Waals surface area contributed by atoms with Gasteiger partial charge in [-0.1, -0.05) is 49.1 Å². The standard InChI is InChI=1S/C30H30N2O4/c1-3-16-36-29-15-13-21(12-14-22-8-4-7-11-28(22)35-2)17-26(29)30(34)32-24(20-33)18-23-19-31-27-10-6-5-9-25(23)27/h4-11,13,15,17,19,24,31,33H,3,16,18,20H2,1-2H3,(H,32,34). The SMILES string of the molecule is CCCOc1ccc(C#Cc2ccccc2OC)cc1C(=O)NC(CO)Cc1c[nH]c2ccccc12. The second kappa shape index (κ2) is 12.0. The maximum Gasteiger partial charge on any atom is 0.255 e. The zero-order valence-corrected chi connectivity index (χ0v) is 20.5. The first kappa shape index (κ1) is 24.9. The Balaban J connectivity index is 1.58. The second-order valence-electron chi connectivity index (χ2n) is 8.43. The van der Waals surface area contributed by atoms with Gasteiger partial charge in [0.15, 0.2) is 0 Å². The highest BCUT2D eigenvalue weighted by molar-refractivity contribution is 5.97. The molecule has 0 aliphatic heterocycles. The van der Waals surface area contributed by atoms with Gasteiger partial charge in [-0.2, -0.15) is 0 Å². The fourth-order valence-corrected chi connectivity index (χ4v) is 4.00. The van der Waals surface area contributed by atoms with Crippen LogP contribution in [-0.4, -0.2) is 42.4 Å². The lowest BCUT2D eigenvalue weighted by molar-refractivity contribution is 0.0912. The molecule has 1 aromatic heterocycles. The molecule has 1 amide bonds. The largest absolute Gasteiger partial charge is 0.495 e. The fourth-order valence-electron chi connectivity index (χ4n) is 4.00. The van der Waals surface area contributed by atoms with Gasteiger partial charge in [0.05, 0.1) is 37.5 Å². The van der Waals surface area contributed by atoms with Crippen LogP contribution in [0, 0.1) is 11.8 Å². The van der Waals surface area contributed by atoms with Gasteiger partial charge in [-0.25, -0.2) is 0 Å². The second-order valence-corrected chi connectivity index (χ2v) is 8.43. The molecule has 6 nitrogen and oxygen atoms in total. The van der Waals surface area contributed by atoms with Crippen molar-refractivity contribution in [3.8, 4) is 23.3 Å². The minimum atomic E-state index is -0.459. The molecular weight excluding hydrogens is 452 g/mol. The highest BCUT2D eigenvalue weighted by Crippen LogP contribution is 2.23. The topological polar surface area (TPSA) is 83.6 Å². The number of fused-ring (bicyclic) bond motifs is 1. The molecule has 1 unspecified atom stereocenters. The minimum Gasteiger partial charge on any atom is -0.495 e. The van der Waals surface area contributed by atoms with Gasteiger partial charge in [0.1, 0.15) is 11.5 Å². The molecule has 1 atom stereocenters. The van der Waals surface area contributed by atoms with E-state index < -0.39 is 6.04 Å². The number of aromatic nitrogens is 1. The summed E-state index contributed by atoms with van der Waals surface area (Å²) in [5.74, 6) is 7.09. The number of para-hydroxylation sites is 2. The number of ether oxygens (including phenoxy) is 2. The van der Waals surface area contributed by atoms with E-state index in [1.807, 2.05) is 67.7 Å². The number of carbonyl (C=O) groups is 1. The third-order valence-electron chi connectivity index (χ3n) is 5.83. The number of benzene rings is 3. The molecule has 3 aromatic carbocycles. The molecule has 0 bridgehead atoms. The fraction of sp³-hybridized carbons (Fsp3) is 0.233. The Kier molecular flexibility index (Phi) is 8.28. The van der Waals surface area contributed by atoms with E-state index in [0.717, 1.165) is 28.5 Å². The van der Waals surface area contributed by atoms with E-state index >= 15 is 0 Å². The van der Waals surface area contributed by atoms with E-state index in [2.05, 4.69) is 22.1 Å². The number of rotatable bonds is 9. The Morgan fingerprint density at radius 3 is 2.67 bits per heavy atom. The van der Waals surface area contributed by atoms with Crippen LogP contribution in [-0.2, 0) is 6.42 Å². The van der Waals surface area contributed by atoms with Crippen molar-refractivity contribution in [1.82, 2.24) is 10.3 Å². The third-order valence-corrected chi connectivity index (χ3v) is 5.83. The van der Waals surface area contributed by atoms with Crippen molar-refractivity contribution in [2.75, 3.05) is 20.3 Å². The van der Waals surface area contributed by atoms with Gasteiger partial charge in [0.2, 0.25) is 0 Å². The predicted octanol–water partition coefficient (Wildman–Crippen LogP) is 4.70. The maximum atomic E-state index is 13.3. The van der Waals surface area contributed by atoms with Crippen LogP contribution in [0.2, 0.25) is 0 Å². The summed E-state index contributed by atoms with van der Waals surface area (Å²) < 4.78 is 11.2. The highest BCUT2D eigenvalue weighted by atomic mass is 16.5. The number of hydrogen-bond acceptors (Lipinski definition) is 4. The van der Waals surface area contributed by atoms with Crippen molar-refractivity contribution in [3.05, 3.63) is 95.2 Å².